The van der Waals surface area contributed by atoms with Gasteiger partial charge in [0.2, 0.25) is 0 Å². The van der Waals surface area contributed by atoms with Gasteiger partial charge in [-0.2, -0.15) is 0 Å². The Morgan fingerprint density at radius 3 is 2.33 bits per heavy atom. The number of rotatable bonds is 3. The molecule has 0 aliphatic rings. The molecule has 0 fully saturated rings. The molecule has 0 saturated carbocycles. The first kappa shape index (κ1) is 14.0. The molecule has 94 valence electrons. The third kappa shape index (κ3) is 4.06. The van der Waals surface area contributed by atoms with E-state index in [2.05, 4.69) is 11.8 Å². The molecular formula is C15H16O3. The average molecular weight is 244 g/mol. The quantitative estimate of drug-likeness (QED) is 0.466. The van der Waals surface area contributed by atoms with Crippen LogP contribution in [0.2, 0.25) is 0 Å². The number of ether oxygens (including phenoxy) is 1. The van der Waals surface area contributed by atoms with Gasteiger partial charge >= 0.3 is 5.97 Å². The van der Waals surface area contributed by atoms with Crippen molar-refractivity contribution < 1.29 is 14.3 Å². The molecule has 0 amide bonds. The topological polar surface area (TPSA) is 43.4 Å². The van der Waals surface area contributed by atoms with Gasteiger partial charge in [-0.15, -0.1) is 0 Å². The Kier molecular flexibility index (Phi) is 5.13. The maximum absolute atomic E-state index is 11.7. The van der Waals surface area contributed by atoms with Crippen LogP contribution >= 0.6 is 0 Å². The van der Waals surface area contributed by atoms with Gasteiger partial charge < -0.3 is 4.74 Å². The van der Waals surface area contributed by atoms with Crippen LogP contribution in [0.3, 0.4) is 0 Å². The van der Waals surface area contributed by atoms with Crippen molar-refractivity contribution in [2.24, 2.45) is 5.92 Å². The van der Waals surface area contributed by atoms with Crippen LogP contribution in [0.1, 0.15) is 36.7 Å². The second-order valence-corrected chi connectivity index (χ2v) is 4.07. The summed E-state index contributed by atoms with van der Waals surface area (Å²) in [4.78, 5) is 22.7. The van der Waals surface area contributed by atoms with E-state index in [0.29, 0.717) is 17.7 Å². The lowest BCUT2D eigenvalue weighted by atomic mass is 10.0. The summed E-state index contributed by atoms with van der Waals surface area (Å²) in [6.45, 7) is 5.76. The summed E-state index contributed by atoms with van der Waals surface area (Å²) in [6.07, 6.45) is 0. The maximum Gasteiger partial charge on any atom is 0.384 e. The van der Waals surface area contributed by atoms with E-state index in [0.717, 1.165) is 0 Å². The Morgan fingerprint density at radius 2 is 1.83 bits per heavy atom. The van der Waals surface area contributed by atoms with Crippen molar-refractivity contribution >= 4 is 11.8 Å². The highest BCUT2D eigenvalue weighted by atomic mass is 16.5. The monoisotopic (exact) mass is 244 g/mol. The second kappa shape index (κ2) is 6.61. The molecule has 3 heteroatoms. The van der Waals surface area contributed by atoms with Crippen molar-refractivity contribution in [1.29, 1.82) is 0 Å². The van der Waals surface area contributed by atoms with Crippen molar-refractivity contribution in [2.75, 3.05) is 6.61 Å². The Bertz CT molecular complexity index is 487. The molecule has 0 saturated heterocycles. The minimum Gasteiger partial charge on any atom is -0.456 e. The van der Waals surface area contributed by atoms with Gasteiger partial charge in [0, 0.05) is 23.0 Å². The molecule has 0 atom stereocenters. The lowest BCUT2D eigenvalue weighted by Gasteiger charge is -2.03. The zero-order chi connectivity index (χ0) is 13.5. The molecule has 0 aromatic heterocycles. The highest BCUT2D eigenvalue weighted by Gasteiger charge is 2.09. The molecular weight excluding hydrogens is 228 g/mol. The summed E-state index contributed by atoms with van der Waals surface area (Å²) in [7, 11) is 0. The predicted octanol–water partition coefficient (Wildman–Crippen LogP) is 2.44. The molecule has 0 heterocycles. The van der Waals surface area contributed by atoms with Crippen LogP contribution in [0.15, 0.2) is 24.3 Å². The van der Waals surface area contributed by atoms with Gasteiger partial charge in [0.05, 0.1) is 6.61 Å². The van der Waals surface area contributed by atoms with Gasteiger partial charge in [0.25, 0.3) is 0 Å². The number of esters is 1. The molecule has 0 N–H and O–H groups in total. The predicted molar refractivity (Wildman–Crippen MR) is 69.1 cm³/mol. The number of hydrogen-bond acceptors (Lipinski definition) is 3. The molecule has 1 aromatic carbocycles. The Balaban J connectivity index is 2.77. The van der Waals surface area contributed by atoms with E-state index in [9.17, 15) is 9.59 Å². The van der Waals surface area contributed by atoms with Crippen molar-refractivity contribution in [3.8, 4) is 11.8 Å². The third-order valence-electron chi connectivity index (χ3n) is 2.28. The number of carbonyl (C=O) groups excluding carboxylic acids is 2. The van der Waals surface area contributed by atoms with E-state index in [4.69, 9.17) is 4.74 Å². The second-order valence-electron chi connectivity index (χ2n) is 4.07. The minimum atomic E-state index is -0.542. The first-order valence-electron chi connectivity index (χ1n) is 5.87. The molecule has 0 bridgehead atoms. The summed E-state index contributed by atoms with van der Waals surface area (Å²) in [5, 5.41) is 0. The van der Waals surface area contributed by atoms with Crippen molar-refractivity contribution in [1.82, 2.24) is 0 Å². The lowest BCUT2D eigenvalue weighted by molar-refractivity contribution is -0.136. The Hall–Kier alpha value is -2.08. The van der Waals surface area contributed by atoms with Crippen LogP contribution in [0.25, 0.3) is 0 Å². The number of benzene rings is 1. The normalized spacial score (nSPS) is 9.56. The highest BCUT2D eigenvalue weighted by Crippen LogP contribution is 2.09. The first-order valence-corrected chi connectivity index (χ1v) is 5.87. The molecule has 0 radical (unpaired) electrons. The molecule has 0 spiro atoms. The third-order valence-corrected chi connectivity index (χ3v) is 2.28. The number of ketones is 1. The van der Waals surface area contributed by atoms with Crippen LogP contribution < -0.4 is 0 Å². The molecule has 18 heavy (non-hydrogen) atoms. The van der Waals surface area contributed by atoms with Gasteiger partial charge in [-0.3, -0.25) is 4.79 Å². The summed E-state index contributed by atoms with van der Waals surface area (Å²) in [6, 6.07) is 6.89. The van der Waals surface area contributed by atoms with Crippen LogP contribution in [0.4, 0.5) is 0 Å². The fraction of sp³-hybridized carbons (Fsp3) is 0.333. The van der Waals surface area contributed by atoms with Crippen LogP contribution in [-0.4, -0.2) is 18.4 Å². The summed E-state index contributed by atoms with van der Waals surface area (Å²) in [5.74, 6) is 4.59. The highest BCUT2D eigenvalue weighted by molar-refractivity contribution is 5.97. The lowest BCUT2D eigenvalue weighted by Crippen LogP contribution is -2.06. The van der Waals surface area contributed by atoms with E-state index in [1.165, 1.54) is 0 Å². The fourth-order valence-corrected chi connectivity index (χ4v) is 1.34. The molecule has 0 unspecified atom stereocenters. The Labute approximate surface area is 107 Å². The molecule has 0 aliphatic carbocycles. The van der Waals surface area contributed by atoms with E-state index >= 15 is 0 Å². The van der Waals surface area contributed by atoms with Crippen molar-refractivity contribution in [3.63, 3.8) is 0 Å². The minimum absolute atomic E-state index is 0.0264. The smallest absolute Gasteiger partial charge is 0.384 e. The van der Waals surface area contributed by atoms with Gasteiger partial charge in [0.1, 0.15) is 0 Å². The van der Waals surface area contributed by atoms with Gasteiger partial charge in [-0.05, 0) is 19.1 Å². The summed E-state index contributed by atoms with van der Waals surface area (Å²) < 4.78 is 4.69. The van der Waals surface area contributed by atoms with Crippen LogP contribution in [0, 0.1) is 17.8 Å². The van der Waals surface area contributed by atoms with Gasteiger partial charge in [-0.1, -0.05) is 31.9 Å². The SMILES string of the molecule is CCOC(=O)C#Cc1ccc(C(=O)C(C)C)cc1. The zero-order valence-corrected chi connectivity index (χ0v) is 10.8. The molecule has 1 rings (SSSR count). The summed E-state index contributed by atoms with van der Waals surface area (Å²) in [5.41, 5.74) is 1.34. The number of hydrogen-bond donors (Lipinski definition) is 0. The van der Waals surface area contributed by atoms with Gasteiger partial charge in [0.15, 0.2) is 5.78 Å². The largest absolute Gasteiger partial charge is 0.456 e. The van der Waals surface area contributed by atoms with E-state index in [1.807, 2.05) is 13.8 Å². The first-order chi connectivity index (χ1) is 8.54. The Morgan fingerprint density at radius 1 is 1.22 bits per heavy atom. The van der Waals surface area contributed by atoms with E-state index < -0.39 is 5.97 Å². The number of carbonyl (C=O) groups is 2. The molecule has 0 aliphatic heterocycles. The number of Topliss-reactive ketones (excluding diaryl/α,β-unsaturated/α-hetero) is 1. The van der Waals surface area contributed by atoms with Crippen LogP contribution in [0.5, 0.6) is 0 Å². The standard InChI is InChI=1S/C15H16O3/c1-4-18-14(16)10-7-12-5-8-13(9-6-12)15(17)11(2)3/h5-6,8-9,11H,4H2,1-3H3. The van der Waals surface area contributed by atoms with Crippen molar-refractivity contribution in [2.45, 2.75) is 20.8 Å². The van der Waals surface area contributed by atoms with Crippen molar-refractivity contribution in [3.05, 3.63) is 35.4 Å². The maximum atomic E-state index is 11.7. The van der Waals surface area contributed by atoms with E-state index in [1.54, 1.807) is 31.2 Å². The summed E-state index contributed by atoms with van der Waals surface area (Å²) >= 11 is 0. The molecule has 1 aromatic rings. The zero-order valence-electron chi connectivity index (χ0n) is 10.8. The average Bonchev–Trinajstić information content (AvgIpc) is 2.36. The van der Waals surface area contributed by atoms with E-state index in [-0.39, 0.29) is 11.7 Å². The van der Waals surface area contributed by atoms with Gasteiger partial charge in [-0.25, -0.2) is 4.79 Å². The van der Waals surface area contributed by atoms with Crippen LogP contribution in [-0.2, 0) is 9.53 Å². The fourth-order valence-electron chi connectivity index (χ4n) is 1.34. The molecule has 3 nitrogen and oxygen atoms in total.